The van der Waals surface area contributed by atoms with Crippen molar-refractivity contribution in [2.75, 3.05) is 12.4 Å². The van der Waals surface area contributed by atoms with Crippen LogP contribution in [-0.2, 0) is 0 Å². The third-order valence-corrected chi connectivity index (χ3v) is 4.90. The van der Waals surface area contributed by atoms with Gasteiger partial charge in [0.1, 0.15) is 17.3 Å². The van der Waals surface area contributed by atoms with Gasteiger partial charge in [-0.25, -0.2) is 4.68 Å². The van der Waals surface area contributed by atoms with Crippen LogP contribution >= 0.6 is 0 Å². The van der Waals surface area contributed by atoms with Gasteiger partial charge >= 0.3 is 0 Å². The van der Waals surface area contributed by atoms with E-state index in [1.54, 1.807) is 67.2 Å². The molecule has 0 saturated heterocycles. The van der Waals surface area contributed by atoms with Gasteiger partial charge in [0.05, 0.1) is 18.4 Å². The third-order valence-electron chi connectivity index (χ3n) is 4.90. The highest BCUT2D eigenvalue weighted by Crippen LogP contribution is 2.29. The van der Waals surface area contributed by atoms with E-state index in [0.717, 1.165) is 5.69 Å². The molecule has 0 saturated carbocycles. The molecule has 1 aromatic heterocycles. The Hall–Kier alpha value is -4.19. The van der Waals surface area contributed by atoms with Gasteiger partial charge in [-0.15, -0.1) is 0 Å². The van der Waals surface area contributed by atoms with Crippen molar-refractivity contribution >= 4 is 11.7 Å². The number of anilines is 1. The van der Waals surface area contributed by atoms with Gasteiger partial charge in [-0.1, -0.05) is 48.5 Å². The van der Waals surface area contributed by atoms with Gasteiger partial charge in [0.25, 0.3) is 5.91 Å². The van der Waals surface area contributed by atoms with E-state index in [-0.39, 0.29) is 11.3 Å². The van der Waals surface area contributed by atoms with E-state index in [4.69, 9.17) is 4.74 Å². The van der Waals surface area contributed by atoms with Crippen LogP contribution in [0.4, 0.5) is 5.82 Å². The first-order chi connectivity index (χ1) is 15.1. The van der Waals surface area contributed by atoms with Crippen LogP contribution in [0.5, 0.6) is 5.75 Å². The number of rotatable bonds is 5. The van der Waals surface area contributed by atoms with Crippen molar-refractivity contribution in [3.8, 4) is 22.6 Å². The Labute approximate surface area is 179 Å². The van der Waals surface area contributed by atoms with E-state index in [0.29, 0.717) is 34.0 Å². The average molecular weight is 411 g/mol. The number of carbonyl (C=O) groups excluding carboxylic acids is 1. The van der Waals surface area contributed by atoms with Gasteiger partial charge < -0.3 is 10.1 Å². The number of hydrogen-bond donors (Lipinski definition) is 1. The highest BCUT2D eigenvalue weighted by Gasteiger charge is 2.20. The zero-order chi connectivity index (χ0) is 21.8. The number of benzene rings is 3. The van der Waals surface area contributed by atoms with Gasteiger partial charge in [-0.2, -0.15) is 5.10 Å². The maximum atomic E-state index is 13.2. The van der Waals surface area contributed by atoms with Crippen molar-refractivity contribution in [3.63, 3.8) is 0 Å². The minimum Gasteiger partial charge on any atom is -0.497 e. The van der Waals surface area contributed by atoms with Crippen molar-refractivity contribution in [2.24, 2.45) is 0 Å². The SMILES string of the molecule is COc1ccc(-c2c(NC(=O)c3ccccc3)n(-c3ccccc3)nc(C)c2=O)cc1. The van der Waals surface area contributed by atoms with Crippen molar-refractivity contribution in [1.82, 2.24) is 9.78 Å². The summed E-state index contributed by atoms with van der Waals surface area (Å²) in [6.07, 6.45) is 0. The summed E-state index contributed by atoms with van der Waals surface area (Å²) in [6.45, 7) is 1.66. The molecule has 6 nitrogen and oxygen atoms in total. The number of carbonyl (C=O) groups is 1. The Kier molecular flexibility index (Phi) is 5.62. The van der Waals surface area contributed by atoms with Crippen LogP contribution in [0.15, 0.2) is 89.7 Å². The number of hydrogen-bond acceptors (Lipinski definition) is 4. The summed E-state index contributed by atoms with van der Waals surface area (Å²) in [4.78, 5) is 26.2. The van der Waals surface area contributed by atoms with Crippen LogP contribution < -0.4 is 15.5 Å². The fraction of sp³-hybridized carbons (Fsp3) is 0.0800. The van der Waals surface area contributed by atoms with E-state index >= 15 is 0 Å². The standard InChI is InChI=1S/C25H21N3O3/c1-17-23(29)22(18-13-15-21(31-2)16-14-18)24(26-25(30)19-9-5-3-6-10-19)28(27-17)20-11-7-4-8-12-20/h3-16H,1-2H3,(H,26,30). The smallest absolute Gasteiger partial charge is 0.256 e. The molecule has 0 aliphatic heterocycles. The van der Waals surface area contributed by atoms with E-state index < -0.39 is 0 Å². The zero-order valence-corrected chi connectivity index (χ0v) is 17.2. The van der Waals surface area contributed by atoms with Gasteiger partial charge in [0.15, 0.2) is 0 Å². The summed E-state index contributed by atoms with van der Waals surface area (Å²) in [5.74, 6) is 0.652. The molecule has 4 aromatic rings. The topological polar surface area (TPSA) is 73.2 Å². The van der Waals surface area contributed by atoms with Crippen LogP contribution in [0.25, 0.3) is 16.8 Å². The molecule has 1 heterocycles. The van der Waals surface area contributed by atoms with Crippen molar-refractivity contribution in [1.29, 1.82) is 0 Å². The maximum Gasteiger partial charge on any atom is 0.256 e. The van der Waals surface area contributed by atoms with Crippen LogP contribution in [0, 0.1) is 6.92 Å². The van der Waals surface area contributed by atoms with Crippen LogP contribution in [-0.4, -0.2) is 22.8 Å². The third kappa shape index (κ3) is 4.09. The molecule has 0 bridgehead atoms. The molecule has 0 aliphatic carbocycles. The number of methoxy groups -OCH3 is 1. The lowest BCUT2D eigenvalue weighted by molar-refractivity contribution is 0.102. The molecular weight excluding hydrogens is 390 g/mol. The summed E-state index contributed by atoms with van der Waals surface area (Å²) in [5.41, 5.74) is 2.31. The Balaban J connectivity index is 1.94. The first-order valence-corrected chi connectivity index (χ1v) is 9.78. The van der Waals surface area contributed by atoms with Gasteiger partial charge in [-0.3, -0.25) is 9.59 Å². The van der Waals surface area contributed by atoms with Gasteiger partial charge in [-0.05, 0) is 48.9 Å². The Morgan fingerprint density at radius 2 is 1.52 bits per heavy atom. The predicted octanol–water partition coefficient (Wildman–Crippen LogP) is 4.47. The molecule has 0 fully saturated rings. The summed E-state index contributed by atoms with van der Waals surface area (Å²) in [5, 5.41) is 7.39. The molecule has 4 rings (SSSR count). The van der Waals surface area contributed by atoms with Crippen LogP contribution in [0.3, 0.4) is 0 Å². The fourth-order valence-corrected chi connectivity index (χ4v) is 3.31. The van der Waals surface area contributed by atoms with Crippen LogP contribution in [0.2, 0.25) is 0 Å². The second-order valence-corrected chi connectivity index (χ2v) is 6.93. The molecular formula is C25H21N3O3. The monoisotopic (exact) mass is 411 g/mol. The normalized spacial score (nSPS) is 10.5. The number of para-hydroxylation sites is 1. The highest BCUT2D eigenvalue weighted by atomic mass is 16.5. The van der Waals surface area contributed by atoms with E-state index in [1.807, 2.05) is 36.4 Å². The lowest BCUT2D eigenvalue weighted by atomic mass is 10.0. The van der Waals surface area contributed by atoms with Crippen LogP contribution in [0.1, 0.15) is 16.1 Å². The summed E-state index contributed by atoms with van der Waals surface area (Å²) >= 11 is 0. The number of aromatic nitrogens is 2. The summed E-state index contributed by atoms with van der Waals surface area (Å²) in [6, 6.07) is 25.4. The first kappa shape index (κ1) is 20.1. The van der Waals surface area contributed by atoms with E-state index in [9.17, 15) is 9.59 Å². The molecule has 6 heteroatoms. The second kappa shape index (κ2) is 8.67. The molecule has 0 atom stereocenters. The molecule has 0 aliphatic rings. The molecule has 154 valence electrons. The Morgan fingerprint density at radius 3 is 2.13 bits per heavy atom. The van der Waals surface area contributed by atoms with Gasteiger partial charge in [0.2, 0.25) is 5.43 Å². The fourth-order valence-electron chi connectivity index (χ4n) is 3.31. The number of nitrogens with one attached hydrogen (secondary N) is 1. The highest BCUT2D eigenvalue weighted by molar-refractivity contribution is 6.05. The maximum absolute atomic E-state index is 13.2. The predicted molar refractivity (Wildman–Crippen MR) is 121 cm³/mol. The minimum atomic E-state index is -0.329. The van der Waals surface area contributed by atoms with Crippen molar-refractivity contribution < 1.29 is 9.53 Å². The van der Waals surface area contributed by atoms with Crippen molar-refractivity contribution in [3.05, 3.63) is 106 Å². The summed E-state index contributed by atoms with van der Waals surface area (Å²) in [7, 11) is 1.58. The molecule has 0 unspecified atom stereocenters. The molecule has 3 aromatic carbocycles. The quantitative estimate of drug-likeness (QED) is 0.526. The number of amides is 1. The Morgan fingerprint density at radius 1 is 0.903 bits per heavy atom. The lowest BCUT2D eigenvalue weighted by Crippen LogP contribution is -2.24. The van der Waals surface area contributed by atoms with Gasteiger partial charge in [0, 0.05) is 5.56 Å². The lowest BCUT2D eigenvalue weighted by Gasteiger charge is -2.18. The molecule has 0 spiro atoms. The molecule has 31 heavy (non-hydrogen) atoms. The molecule has 1 N–H and O–H groups in total. The number of ether oxygens (including phenoxy) is 1. The van der Waals surface area contributed by atoms with E-state index in [2.05, 4.69) is 10.4 Å². The largest absolute Gasteiger partial charge is 0.497 e. The Bertz CT molecular complexity index is 1270. The average Bonchev–Trinajstić information content (AvgIpc) is 2.82. The van der Waals surface area contributed by atoms with E-state index in [1.165, 1.54) is 0 Å². The molecule has 1 amide bonds. The second-order valence-electron chi connectivity index (χ2n) is 6.93. The molecule has 0 radical (unpaired) electrons. The first-order valence-electron chi connectivity index (χ1n) is 9.78. The van der Waals surface area contributed by atoms with Crippen molar-refractivity contribution in [2.45, 2.75) is 6.92 Å². The zero-order valence-electron chi connectivity index (χ0n) is 17.2. The minimum absolute atomic E-state index is 0.249. The summed E-state index contributed by atoms with van der Waals surface area (Å²) < 4.78 is 6.83. The number of aryl methyl sites for hydroxylation is 1. The number of nitrogens with zero attached hydrogens (tertiary/aromatic N) is 2.